The van der Waals surface area contributed by atoms with E-state index in [1.807, 2.05) is 0 Å². The summed E-state index contributed by atoms with van der Waals surface area (Å²) in [6.07, 6.45) is 1.52. The summed E-state index contributed by atoms with van der Waals surface area (Å²) in [6, 6.07) is 0. The number of carbonyl (C=O) groups is 1. The number of carboxylic acids is 1. The van der Waals surface area contributed by atoms with E-state index in [9.17, 15) is 9.90 Å². The van der Waals surface area contributed by atoms with Gasteiger partial charge in [0.05, 0.1) is 12.0 Å². The molecule has 0 heterocycles. The highest BCUT2D eigenvalue weighted by molar-refractivity contribution is 14.1. The van der Waals surface area contributed by atoms with Gasteiger partial charge >= 0.3 is 5.97 Å². The molecule has 11 heavy (non-hydrogen) atoms. The van der Waals surface area contributed by atoms with Gasteiger partial charge in [-0.2, -0.15) is 0 Å². The zero-order chi connectivity index (χ0) is 8.43. The number of aliphatic carboxylic acids is 1. The second-order valence-electron chi connectivity index (χ2n) is 2.93. The average molecular weight is 270 g/mol. The van der Waals surface area contributed by atoms with Crippen molar-refractivity contribution < 1.29 is 15.0 Å². The number of carboxylic acid groups (broad SMARTS) is 1. The van der Waals surface area contributed by atoms with E-state index in [0.29, 0.717) is 12.8 Å². The molecule has 0 aromatic rings. The summed E-state index contributed by atoms with van der Waals surface area (Å²) in [4.78, 5) is 10.5. The summed E-state index contributed by atoms with van der Waals surface area (Å²) in [5.74, 6) is -1.09. The quantitative estimate of drug-likeness (QED) is 0.553. The normalized spacial score (nSPS) is 38.5. The van der Waals surface area contributed by atoms with Crippen LogP contribution in [0, 0.1) is 5.92 Å². The summed E-state index contributed by atoms with van der Waals surface area (Å²) in [6.45, 7) is 0. The van der Waals surface area contributed by atoms with Crippen molar-refractivity contribution in [3.05, 3.63) is 0 Å². The van der Waals surface area contributed by atoms with Gasteiger partial charge in [0.15, 0.2) is 0 Å². The molecule has 3 atom stereocenters. The van der Waals surface area contributed by atoms with Crippen molar-refractivity contribution >= 4 is 28.6 Å². The van der Waals surface area contributed by atoms with Crippen LogP contribution in [-0.4, -0.2) is 26.2 Å². The van der Waals surface area contributed by atoms with Crippen LogP contribution in [0.1, 0.15) is 19.3 Å². The molecular weight excluding hydrogens is 259 g/mol. The number of halogens is 1. The maximum Gasteiger partial charge on any atom is 0.306 e. The van der Waals surface area contributed by atoms with E-state index < -0.39 is 12.1 Å². The van der Waals surface area contributed by atoms with E-state index in [4.69, 9.17) is 5.11 Å². The minimum absolute atomic E-state index is 0.239. The predicted molar refractivity (Wildman–Crippen MR) is 48.8 cm³/mol. The zero-order valence-electron chi connectivity index (χ0n) is 6.03. The molecule has 1 aliphatic rings. The fraction of sp³-hybridized carbons (Fsp3) is 0.857. The lowest BCUT2D eigenvalue weighted by molar-refractivity contribution is -0.143. The number of hydrogen-bond donors (Lipinski definition) is 2. The molecule has 64 valence electrons. The van der Waals surface area contributed by atoms with Crippen LogP contribution in [0.25, 0.3) is 0 Å². The van der Waals surface area contributed by atoms with Gasteiger partial charge < -0.3 is 10.2 Å². The van der Waals surface area contributed by atoms with Crippen LogP contribution in [0.3, 0.4) is 0 Å². The van der Waals surface area contributed by atoms with Gasteiger partial charge in [-0.1, -0.05) is 22.6 Å². The predicted octanol–water partition coefficient (Wildman–Crippen LogP) is 1.04. The van der Waals surface area contributed by atoms with Crippen LogP contribution in [0.15, 0.2) is 0 Å². The molecular formula is C7H11IO3. The number of rotatable bonds is 1. The van der Waals surface area contributed by atoms with Crippen molar-refractivity contribution in [3.8, 4) is 0 Å². The second-order valence-corrected chi connectivity index (χ2v) is 4.53. The Morgan fingerprint density at radius 3 is 2.55 bits per heavy atom. The first-order chi connectivity index (χ1) is 5.11. The molecule has 1 rings (SSSR count). The first-order valence-electron chi connectivity index (χ1n) is 3.66. The van der Waals surface area contributed by atoms with E-state index in [0.717, 1.165) is 6.42 Å². The molecule has 0 aliphatic heterocycles. The Bertz CT molecular complexity index is 160. The van der Waals surface area contributed by atoms with Gasteiger partial charge in [0.2, 0.25) is 0 Å². The lowest BCUT2D eigenvalue weighted by atomic mass is 9.87. The summed E-state index contributed by atoms with van der Waals surface area (Å²) >= 11 is 2.17. The molecule has 4 heteroatoms. The Morgan fingerprint density at radius 2 is 2.09 bits per heavy atom. The molecule has 0 amide bonds. The first-order valence-corrected chi connectivity index (χ1v) is 4.90. The van der Waals surface area contributed by atoms with Crippen LogP contribution in [0.2, 0.25) is 0 Å². The summed E-state index contributed by atoms with van der Waals surface area (Å²) in [5, 5.41) is 18.0. The minimum Gasteiger partial charge on any atom is -0.481 e. The molecule has 1 saturated carbocycles. The van der Waals surface area contributed by atoms with Crippen molar-refractivity contribution in [3.63, 3.8) is 0 Å². The molecule has 1 fully saturated rings. The fourth-order valence-corrected chi connectivity index (χ4v) is 1.99. The fourth-order valence-electron chi connectivity index (χ4n) is 1.33. The lowest BCUT2D eigenvalue weighted by Gasteiger charge is -2.27. The molecule has 0 bridgehead atoms. The minimum atomic E-state index is -0.771. The highest BCUT2D eigenvalue weighted by Crippen LogP contribution is 2.29. The van der Waals surface area contributed by atoms with Gasteiger partial charge in [0, 0.05) is 3.92 Å². The van der Waals surface area contributed by atoms with Crippen LogP contribution in [0.4, 0.5) is 0 Å². The summed E-state index contributed by atoms with van der Waals surface area (Å²) in [7, 11) is 0. The second kappa shape index (κ2) is 3.71. The molecule has 0 saturated heterocycles. The topological polar surface area (TPSA) is 57.5 Å². The number of aliphatic hydroxyl groups excluding tert-OH is 1. The Labute approximate surface area is 78.9 Å². The van der Waals surface area contributed by atoms with Gasteiger partial charge in [-0.15, -0.1) is 0 Å². The van der Waals surface area contributed by atoms with Gasteiger partial charge in [-0.25, -0.2) is 0 Å². The van der Waals surface area contributed by atoms with Crippen molar-refractivity contribution in [2.24, 2.45) is 5.92 Å². The average Bonchev–Trinajstić information content (AvgIpc) is 1.94. The number of aliphatic hydroxyl groups is 1. The monoisotopic (exact) mass is 270 g/mol. The maximum absolute atomic E-state index is 10.5. The Hall–Kier alpha value is 0.160. The van der Waals surface area contributed by atoms with E-state index in [-0.39, 0.29) is 9.84 Å². The number of hydrogen-bond acceptors (Lipinski definition) is 2. The third-order valence-corrected chi connectivity index (χ3v) is 3.54. The zero-order valence-corrected chi connectivity index (χ0v) is 8.19. The van der Waals surface area contributed by atoms with Crippen LogP contribution >= 0.6 is 22.6 Å². The molecule has 0 radical (unpaired) electrons. The smallest absolute Gasteiger partial charge is 0.306 e. The summed E-state index contributed by atoms with van der Waals surface area (Å²) in [5.41, 5.74) is 0. The van der Waals surface area contributed by atoms with Gasteiger partial charge in [0.25, 0.3) is 0 Å². The van der Waals surface area contributed by atoms with Gasteiger partial charge in [0.1, 0.15) is 0 Å². The van der Waals surface area contributed by atoms with Crippen molar-refractivity contribution in [1.82, 2.24) is 0 Å². The largest absolute Gasteiger partial charge is 0.481 e. The van der Waals surface area contributed by atoms with Crippen molar-refractivity contribution in [1.29, 1.82) is 0 Å². The van der Waals surface area contributed by atoms with E-state index in [1.165, 1.54) is 0 Å². The van der Waals surface area contributed by atoms with Crippen molar-refractivity contribution in [2.45, 2.75) is 29.3 Å². The van der Waals surface area contributed by atoms with E-state index >= 15 is 0 Å². The number of alkyl halides is 1. The standard InChI is InChI=1S/C7H11IO3/c8-5-2-1-4(7(10)11)3-6(5)9/h4-6,9H,1-3H2,(H,10,11). The Kier molecular flexibility index (Phi) is 3.12. The first kappa shape index (κ1) is 9.25. The molecule has 1 aliphatic carbocycles. The SMILES string of the molecule is O=C(O)C1CCC(I)C(O)C1. The van der Waals surface area contributed by atoms with Crippen LogP contribution < -0.4 is 0 Å². The van der Waals surface area contributed by atoms with Gasteiger partial charge in [-0.05, 0) is 19.3 Å². The summed E-state index contributed by atoms with van der Waals surface area (Å²) < 4.78 is 0.239. The molecule has 0 aromatic carbocycles. The third-order valence-electron chi connectivity index (χ3n) is 2.08. The molecule has 2 N–H and O–H groups in total. The van der Waals surface area contributed by atoms with Crippen LogP contribution in [0.5, 0.6) is 0 Å². The Balaban J connectivity index is 2.46. The van der Waals surface area contributed by atoms with Crippen LogP contribution in [-0.2, 0) is 4.79 Å². The van der Waals surface area contributed by atoms with Crippen molar-refractivity contribution in [2.75, 3.05) is 0 Å². The highest BCUT2D eigenvalue weighted by atomic mass is 127. The highest BCUT2D eigenvalue weighted by Gasteiger charge is 2.30. The molecule has 0 aromatic heterocycles. The lowest BCUT2D eigenvalue weighted by Crippen LogP contribution is -2.32. The molecule has 0 spiro atoms. The molecule has 3 unspecified atom stereocenters. The molecule has 3 nitrogen and oxygen atoms in total. The van der Waals surface area contributed by atoms with Gasteiger partial charge in [-0.3, -0.25) is 4.79 Å². The maximum atomic E-state index is 10.5. The third kappa shape index (κ3) is 2.30. The van der Waals surface area contributed by atoms with E-state index in [1.54, 1.807) is 0 Å². The van der Waals surface area contributed by atoms with E-state index in [2.05, 4.69) is 22.6 Å². The Morgan fingerprint density at radius 1 is 1.45 bits per heavy atom.